The van der Waals surface area contributed by atoms with Gasteiger partial charge in [0.1, 0.15) is 0 Å². The van der Waals surface area contributed by atoms with Crippen molar-refractivity contribution >= 4 is 23.5 Å². The molecule has 4 nitrogen and oxygen atoms in total. The van der Waals surface area contributed by atoms with Gasteiger partial charge in [-0.2, -0.15) is 4.39 Å². The Morgan fingerprint density at radius 2 is 0.667 bits per heavy atom. The SMILES string of the molecule is CCCCCCCCCCCCCCCCCCCCCCN(CCCCCCCCCCCCCCCCCCCCCC)c1ccc(-c2ccc(C=Cc3ccc([N+](=O)[O-])c(F)c3)cc2)cc1. The fourth-order valence-corrected chi connectivity index (χ4v) is 10.1. The first kappa shape index (κ1) is 59.8. The van der Waals surface area contributed by atoms with E-state index in [1.807, 2.05) is 6.08 Å². The average molecular weight is 952 g/mol. The lowest BCUT2D eigenvalue weighted by Crippen LogP contribution is -2.25. The zero-order valence-electron chi connectivity index (χ0n) is 44.8. The molecule has 388 valence electrons. The Bertz CT molecular complexity index is 1630. The molecule has 0 unspecified atom stereocenters. The van der Waals surface area contributed by atoms with Crippen molar-refractivity contribution in [2.24, 2.45) is 0 Å². The molecular weight excluding hydrogens is 848 g/mol. The molecule has 3 rings (SSSR count). The molecule has 0 bridgehead atoms. The molecule has 0 atom stereocenters. The molecule has 0 aliphatic heterocycles. The highest BCUT2D eigenvalue weighted by atomic mass is 19.1. The van der Waals surface area contributed by atoms with Gasteiger partial charge in [0.2, 0.25) is 5.82 Å². The Morgan fingerprint density at radius 3 is 0.971 bits per heavy atom. The molecule has 0 aromatic heterocycles. The van der Waals surface area contributed by atoms with Gasteiger partial charge in [0.05, 0.1) is 4.92 Å². The first-order chi connectivity index (χ1) is 34.0. The van der Waals surface area contributed by atoms with Gasteiger partial charge < -0.3 is 4.90 Å². The third kappa shape index (κ3) is 30.8. The summed E-state index contributed by atoms with van der Waals surface area (Å²) in [6, 6.07) is 21.5. The zero-order chi connectivity index (χ0) is 49.1. The van der Waals surface area contributed by atoms with Crippen molar-refractivity contribution in [3.05, 3.63) is 93.8 Å². The van der Waals surface area contributed by atoms with Crippen LogP contribution < -0.4 is 4.90 Å². The van der Waals surface area contributed by atoms with Gasteiger partial charge in [-0.1, -0.05) is 306 Å². The van der Waals surface area contributed by atoms with Crippen LogP contribution in [0.2, 0.25) is 0 Å². The van der Waals surface area contributed by atoms with Crippen molar-refractivity contribution in [1.82, 2.24) is 0 Å². The summed E-state index contributed by atoms with van der Waals surface area (Å²) in [6.07, 6.45) is 60.3. The fraction of sp³-hybridized carbons (Fsp3) is 0.688. The Morgan fingerprint density at radius 1 is 0.391 bits per heavy atom. The summed E-state index contributed by atoms with van der Waals surface area (Å²) in [7, 11) is 0. The van der Waals surface area contributed by atoms with Gasteiger partial charge >= 0.3 is 5.69 Å². The number of halogens is 1. The van der Waals surface area contributed by atoms with Crippen LogP contribution in [0.15, 0.2) is 66.7 Å². The normalized spacial score (nSPS) is 11.6. The quantitative estimate of drug-likeness (QED) is 0.0245. The van der Waals surface area contributed by atoms with Crippen molar-refractivity contribution in [2.45, 2.75) is 271 Å². The summed E-state index contributed by atoms with van der Waals surface area (Å²) >= 11 is 0. The maximum atomic E-state index is 14.1. The van der Waals surface area contributed by atoms with Gasteiger partial charge in [0.25, 0.3) is 0 Å². The Kier molecular flexibility index (Phi) is 36.6. The summed E-state index contributed by atoms with van der Waals surface area (Å²) in [4.78, 5) is 12.9. The molecule has 0 aliphatic rings. The summed E-state index contributed by atoms with van der Waals surface area (Å²) in [5, 5.41) is 11.0. The van der Waals surface area contributed by atoms with Gasteiger partial charge in [-0.3, -0.25) is 10.1 Å². The van der Waals surface area contributed by atoms with Crippen LogP contribution in [0.5, 0.6) is 0 Å². The van der Waals surface area contributed by atoms with Crippen LogP contribution in [0.4, 0.5) is 15.8 Å². The van der Waals surface area contributed by atoms with Gasteiger partial charge in [-0.15, -0.1) is 0 Å². The van der Waals surface area contributed by atoms with E-state index >= 15 is 0 Å². The van der Waals surface area contributed by atoms with Crippen LogP contribution >= 0.6 is 0 Å². The van der Waals surface area contributed by atoms with Crippen molar-refractivity contribution in [2.75, 3.05) is 18.0 Å². The number of nitro groups is 1. The molecule has 0 N–H and O–H groups in total. The molecule has 3 aromatic carbocycles. The number of anilines is 1. The smallest absolute Gasteiger partial charge is 0.304 e. The monoisotopic (exact) mass is 951 g/mol. The topological polar surface area (TPSA) is 46.4 Å². The molecule has 0 fully saturated rings. The van der Waals surface area contributed by atoms with Crippen molar-refractivity contribution in [3.8, 4) is 11.1 Å². The predicted octanol–water partition coefficient (Wildman–Crippen LogP) is 22.0. The Labute approximate surface area is 424 Å². The first-order valence-corrected chi connectivity index (χ1v) is 29.6. The molecule has 0 amide bonds. The second kappa shape index (κ2) is 42.2. The summed E-state index contributed by atoms with van der Waals surface area (Å²) in [5.41, 5.74) is 4.78. The van der Waals surface area contributed by atoms with Crippen molar-refractivity contribution in [3.63, 3.8) is 0 Å². The number of rotatable bonds is 47. The Balaban J connectivity index is 1.32. The van der Waals surface area contributed by atoms with Crippen LogP contribution in [0.3, 0.4) is 0 Å². The number of unbranched alkanes of at least 4 members (excludes halogenated alkanes) is 38. The Hall–Kier alpha value is -3.47. The highest BCUT2D eigenvalue weighted by Gasteiger charge is 2.13. The first-order valence-electron chi connectivity index (χ1n) is 29.6. The molecule has 0 radical (unpaired) electrons. The van der Waals surface area contributed by atoms with E-state index in [0.717, 1.165) is 24.2 Å². The van der Waals surface area contributed by atoms with E-state index in [9.17, 15) is 14.5 Å². The number of nitrogens with zero attached hydrogens (tertiary/aromatic N) is 2. The average Bonchev–Trinajstić information content (AvgIpc) is 3.36. The van der Waals surface area contributed by atoms with E-state index in [4.69, 9.17) is 0 Å². The fourth-order valence-electron chi connectivity index (χ4n) is 10.1. The van der Waals surface area contributed by atoms with Gasteiger partial charge in [0.15, 0.2) is 0 Å². The summed E-state index contributed by atoms with van der Waals surface area (Å²) in [6.45, 7) is 6.88. The van der Waals surface area contributed by atoms with Crippen molar-refractivity contribution in [1.29, 1.82) is 0 Å². The molecule has 5 heteroatoms. The van der Waals surface area contributed by atoms with Gasteiger partial charge in [-0.25, -0.2) is 0 Å². The lowest BCUT2D eigenvalue weighted by Gasteiger charge is -2.25. The molecule has 0 saturated heterocycles. The van der Waals surface area contributed by atoms with E-state index in [2.05, 4.69) is 67.3 Å². The third-order valence-electron chi connectivity index (χ3n) is 14.7. The molecule has 3 aromatic rings. The zero-order valence-corrected chi connectivity index (χ0v) is 44.8. The van der Waals surface area contributed by atoms with Gasteiger partial charge in [0, 0.05) is 24.8 Å². The minimum atomic E-state index is -0.819. The lowest BCUT2D eigenvalue weighted by molar-refractivity contribution is -0.387. The van der Waals surface area contributed by atoms with Crippen LogP contribution in [0.25, 0.3) is 23.3 Å². The minimum Gasteiger partial charge on any atom is -0.372 e. The number of benzene rings is 3. The van der Waals surface area contributed by atoms with E-state index in [1.54, 1.807) is 12.1 Å². The summed E-state index contributed by atoms with van der Waals surface area (Å²) in [5.74, 6) is -0.819. The largest absolute Gasteiger partial charge is 0.372 e. The van der Waals surface area contributed by atoms with Crippen LogP contribution in [0.1, 0.15) is 282 Å². The summed E-state index contributed by atoms with van der Waals surface area (Å²) < 4.78 is 14.1. The molecule has 0 spiro atoms. The number of nitro benzene ring substituents is 1. The van der Waals surface area contributed by atoms with E-state index in [-0.39, 0.29) is 0 Å². The highest BCUT2D eigenvalue weighted by molar-refractivity contribution is 5.73. The second-order valence-electron chi connectivity index (χ2n) is 20.9. The van der Waals surface area contributed by atoms with Crippen LogP contribution in [-0.2, 0) is 0 Å². The van der Waals surface area contributed by atoms with Crippen LogP contribution in [-0.4, -0.2) is 18.0 Å². The van der Waals surface area contributed by atoms with E-state index in [1.165, 1.54) is 280 Å². The molecule has 0 saturated carbocycles. The molecule has 69 heavy (non-hydrogen) atoms. The number of hydrogen-bond donors (Lipinski definition) is 0. The maximum Gasteiger partial charge on any atom is 0.304 e. The standard InChI is InChI=1S/C64H103FN2O2/c1-3-5-7-9-11-13-15-17-19-21-23-25-27-29-31-33-35-37-39-41-55-66(56-42-40-38-36-34-32-30-28-26-24-22-20-18-16-14-12-10-8-6-4-2)62-52-50-61(51-53-62)60-48-45-58(46-49-60)43-44-59-47-54-64(67(68)69)63(65)57-59/h43-54,57H,3-42,55-56H2,1-2H3. The lowest BCUT2D eigenvalue weighted by atomic mass is 10.0. The number of hydrogen-bond acceptors (Lipinski definition) is 3. The van der Waals surface area contributed by atoms with E-state index < -0.39 is 16.4 Å². The predicted molar refractivity (Wildman–Crippen MR) is 302 cm³/mol. The molecule has 0 heterocycles. The van der Waals surface area contributed by atoms with Crippen LogP contribution in [0, 0.1) is 15.9 Å². The van der Waals surface area contributed by atoms with Gasteiger partial charge in [-0.05, 0) is 59.4 Å². The maximum absolute atomic E-state index is 14.1. The second-order valence-corrected chi connectivity index (χ2v) is 20.9. The highest BCUT2D eigenvalue weighted by Crippen LogP contribution is 2.26. The molecule has 0 aliphatic carbocycles. The third-order valence-corrected chi connectivity index (χ3v) is 14.7. The van der Waals surface area contributed by atoms with Crippen molar-refractivity contribution < 1.29 is 9.31 Å². The van der Waals surface area contributed by atoms with E-state index in [0.29, 0.717) is 5.56 Å². The minimum absolute atomic E-state index is 0.502. The molecular formula is C64H103FN2O2.